The van der Waals surface area contributed by atoms with Gasteiger partial charge in [0, 0.05) is 0 Å². The number of hydrogen-bond donors (Lipinski definition) is 0. The highest BCUT2D eigenvalue weighted by molar-refractivity contribution is 5.93. The molecule has 0 heteroatoms. The van der Waals surface area contributed by atoms with Gasteiger partial charge in [-0.05, 0) is 88.5 Å². The fourth-order valence-corrected chi connectivity index (χ4v) is 8.26. The van der Waals surface area contributed by atoms with E-state index < -0.39 is 0 Å². The quantitative estimate of drug-likeness (QED) is 0.627. The first-order valence-electron chi connectivity index (χ1n) is 8.92. The largest absolute Gasteiger partial charge is 0.0613 e. The topological polar surface area (TPSA) is 0 Å². The summed E-state index contributed by atoms with van der Waals surface area (Å²) in [7, 11) is 0. The zero-order valence-corrected chi connectivity index (χ0v) is 12.3. The molecule has 0 N–H and O–H groups in total. The summed E-state index contributed by atoms with van der Waals surface area (Å²) in [5, 5.41) is 3.14. The minimum absolute atomic E-state index is 0.824. The molecule has 6 atom stereocenters. The van der Waals surface area contributed by atoms with Crippen LogP contribution in [-0.4, -0.2) is 0 Å². The predicted octanol–water partition coefficient (Wildman–Crippen LogP) is 5.09. The SMILES string of the molecule is c1cc2c3c(cccc3c1)C1C2C2CC3CCC4CC1C342. The van der Waals surface area contributed by atoms with Gasteiger partial charge in [-0.3, -0.25) is 0 Å². The third kappa shape index (κ3) is 0.821. The summed E-state index contributed by atoms with van der Waals surface area (Å²) in [6.45, 7) is 0. The molecule has 0 amide bonds. The second-order valence-corrected chi connectivity index (χ2v) is 8.50. The molecule has 2 aromatic carbocycles. The van der Waals surface area contributed by atoms with Gasteiger partial charge in [-0.15, -0.1) is 0 Å². The van der Waals surface area contributed by atoms with Crippen molar-refractivity contribution < 1.29 is 0 Å². The molecular formula is C21H20. The number of fused-ring (bicyclic) bond motifs is 5. The van der Waals surface area contributed by atoms with Gasteiger partial charge >= 0.3 is 0 Å². The van der Waals surface area contributed by atoms with Crippen LogP contribution >= 0.6 is 0 Å². The first kappa shape index (κ1) is 10.4. The van der Waals surface area contributed by atoms with Gasteiger partial charge in [-0.2, -0.15) is 0 Å². The molecule has 7 rings (SSSR count). The van der Waals surface area contributed by atoms with Crippen molar-refractivity contribution in [3.05, 3.63) is 47.5 Å². The standard InChI is InChI=1S/C21H20/c1-3-11-4-2-6-15-18(11)14(5-1)19-16-9-12-7-8-13-10-17(20(15)19)21(12,13)16/h1-6,12-13,16-17,19-20H,7-10H2. The molecule has 5 aliphatic carbocycles. The predicted molar refractivity (Wildman–Crippen MR) is 84.3 cm³/mol. The Morgan fingerprint density at radius 1 is 0.762 bits per heavy atom. The number of benzene rings is 2. The van der Waals surface area contributed by atoms with Crippen LogP contribution in [0.25, 0.3) is 10.8 Å². The Hall–Kier alpha value is -1.30. The Bertz CT molecular complexity index is 751. The average molecular weight is 272 g/mol. The summed E-state index contributed by atoms with van der Waals surface area (Å²) in [5.41, 5.74) is 4.28. The van der Waals surface area contributed by atoms with Crippen molar-refractivity contribution in [2.75, 3.05) is 0 Å². The lowest BCUT2D eigenvalue weighted by Crippen LogP contribution is -2.58. The molecule has 0 saturated heterocycles. The second kappa shape index (κ2) is 2.93. The van der Waals surface area contributed by atoms with E-state index in [1.54, 1.807) is 42.2 Å². The molecule has 0 aliphatic heterocycles. The van der Waals surface area contributed by atoms with E-state index in [1.807, 2.05) is 0 Å². The fourth-order valence-electron chi connectivity index (χ4n) is 8.26. The van der Waals surface area contributed by atoms with Crippen molar-refractivity contribution in [3.8, 4) is 0 Å². The minimum Gasteiger partial charge on any atom is -0.0613 e. The van der Waals surface area contributed by atoms with Crippen molar-refractivity contribution in [1.82, 2.24) is 0 Å². The van der Waals surface area contributed by atoms with Crippen LogP contribution in [0.15, 0.2) is 36.4 Å². The summed E-state index contributed by atoms with van der Waals surface area (Å²) in [5.74, 6) is 6.07. The lowest BCUT2D eigenvalue weighted by molar-refractivity contribution is -0.150. The van der Waals surface area contributed by atoms with Crippen LogP contribution in [0.2, 0.25) is 0 Å². The van der Waals surface area contributed by atoms with Gasteiger partial charge in [0.1, 0.15) is 0 Å². The zero-order valence-electron chi connectivity index (χ0n) is 12.3. The van der Waals surface area contributed by atoms with Crippen LogP contribution in [0.1, 0.15) is 48.6 Å². The van der Waals surface area contributed by atoms with Gasteiger partial charge in [0.15, 0.2) is 0 Å². The molecule has 4 saturated carbocycles. The lowest BCUT2D eigenvalue weighted by Gasteiger charge is -2.63. The average Bonchev–Trinajstić information content (AvgIpc) is 2.96. The first-order valence-corrected chi connectivity index (χ1v) is 8.92. The fraction of sp³-hybridized carbons (Fsp3) is 0.524. The highest BCUT2D eigenvalue weighted by Gasteiger charge is 2.79. The van der Waals surface area contributed by atoms with E-state index in [4.69, 9.17) is 0 Å². The van der Waals surface area contributed by atoms with E-state index in [2.05, 4.69) is 36.4 Å². The van der Waals surface area contributed by atoms with Crippen LogP contribution in [0, 0.1) is 29.1 Å². The van der Waals surface area contributed by atoms with Crippen LogP contribution < -0.4 is 0 Å². The zero-order chi connectivity index (χ0) is 13.3. The van der Waals surface area contributed by atoms with E-state index in [9.17, 15) is 0 Å². The monoisotopic (exact) mass is 272 g/mol. The maximum Gasteiger partial charge on any atom is -0.00497 e. The van der Waals surface area contributed by atoms with Gasteiger partial charge in [0.05, 0.1) is 0 Å². The van der Waals surface area contributed by atoms with E-state index in [1.165, 1.54) is 5.39 Å². The van der Waals surface area contributed by atoms with Crippen molar-refractivity contribution in [1.29, 1.82) is 0 Å². The molecule has 2 aromatic rings. The maximum atomic E-state index is 2.47. The van der Waals surface area contributed by atoms with Crippen LogP contribution in [0.3, 0.4) is 0 Å². The Balaban J connectivity index is 1.54. The summed E-state index contributed by atoms with van der Waals surface area (Å²) >= 11 is 0. The molecule has 104 valence electrons. The Kier molecular flexibility index (Phi) is 1.46. The molecule has 0 radical (unpaired) electrons. The first-order chi connectivity index (χ1) is 10.4. The van der Waals surface area contributed by atoms with Gasteiger partial charge in [-0.1, -0.05) is 36.4 Å². The van der Waals surface area contributed by atoms with Gasteiger partial charge < -0.3 is 0 Å². The summed E-state index contributed by atoms with van der Waals surface area (Å²) in [6, 6.07) is 14.2. The molecule has 21 heavy (non-hydrogen) atoms. The van der Waals surface area contributed by atoms with Gasteiger partial charge in [0.2, 0.25) is 0 Å². The summed E-state index contributed by atoms with van der Waals surface area (Å²) in [6.07, 6.45) is 6.23. The lowest BCUT2D eigenvalue weighted by atomic mass is 9.41. The molecule has 0 aromatic heterocycles. The van der Waals surface area contributed by atoms with E-state index >= 15 is 0 Å². The second-order valence-electron chi connectivity index (χ2n) is 8.50. The molecule has 1 spiro atoms. The Morgan fingerprint density at radius 2 is 1.33 bits per heavy atom. The van der Waals surface area contributed by atoms with Gasteiger partial charge in [0.25, 0.3) is 0 Å². The van der Waals surface area contributed by atoms with Crippen LogP contribution in [0.5, 0.6) is 0 Å². The van der Waals surface area contributed by atoms with Crippen LogP contribution in [-0.2, 0) is 0 Å². The Labute approximate surface area is 125 Å². The molecule has 5 aliphatic rings. The highest BCUT2D eigenvalue weighted by Crippen LogP contribution is 2.87. The molecule has 4 fully saturated rings. The van der Waals surface area contributed by atoms with E-state index in [-0.39, 0.29) is 0 Å². The van der Waals surface area contributed by atoms with Crippen molar-refractivity contribution in [2.45, 2.75) is 37.5 Å². The summed E-state index contributed by atoms with van der Waals surface area (Å²) in [4.78, 5) is 0. The summed E-state index contributed by atoms with van der Waals surface area (Å²) < 4.78 is 0. The Morgan fingerprint density at radius 3 is 1.90 bits per heavy atom. The maximum absolute atomic E-state index is 2.47. The molecule has 0 nitrogen and oxygen atoms in total. The smallest absolute Gasteiger partial charge is 0.00497 e. The van der Waals surface area contributed by atoms with Crippen molar-refractivity contribution in [3.63, 3.8) is 0 Å². The normalized spacial score (nSPS) is 50.3. The van der Waals surface area contributed by atoms with E-state index in [0.717, 1.165) is 40.9 Å². The van der Waals surface area contributed by atoms with Crippen LogP contribution in [0.4, 0.5) is 0 Å². The third-order valence-electron chi connectivity index (χ3n) is 8.58. The molecule has 6 unspecified atom stereocenters. The molecule has 0 bridgehead atoms. The number of rotatable bonds is 0. The third-order valence-corrected chi connectivity index (χ3v) is 8.58. The molecule has 0 heterocycles. The van der Waals surface area contributed by atoms with Crippen molar-refractivity contribution in [2.24, 2.45) is 29.1 Å². The highest BCUT2D eigenvalue weighted by atomic mass is 14.8. The van der Waals surface area contributed by atoms with E-state index in [0.29, 0.717) is 0 Å². The van der Waals surface area contributed by atoms with Crippen molar-refractivity contribution >= 4 is 10.8 Å². The molecular weight excluding hydrogens is 252 g/mol. The number of hydrogen-bond acceptors (Lipinski definition) is 0. The van der Waals surface area contributed by atoms with Gasteiger partial charge in [-0.25, -0.2) is 0 Å². The minimum atomic E-state index is 0.824.